The minimum atomic E-state index is -0.474. The third kappa shape index (κ3) is 4.82. The Morgan fingerprint density at radius 1 is 1.22 bits per heavy atom. The summed E-state index contributed by atoms with van der Waals surface area (Å²) >= 11 is 0. The number of aromatic nitrogens is 2. The molecule has 3 amide bonds. The van der Waals surface area contributed by atoms with Crippen molar-refractivity contribution in [3.05, 3.63) is 42.3 Å². The summed E-state index contributed by atoms with van der Waals surface area (Å²) in [5.41, 5.74) is 5.81. The van der Waals surface area contributed by atoms with Crippen LogP contribution in [0.1, 0.15) is 25.3 Å². The molecule has 1 aliphatic heterocycles. The SMILES string of the molecule is NCCC(=O)N1CCC(n2nccc2NC(=O)Nc2cccc(F)c2)CC1. The average molecular weight is 374 g/mol. The van der Waals surface area contributed by atoms with E-state index >= 15 is 0 Å². The topological polar surface area (TPSA) is 105 Å². The van der Waals surface area contributed by atoms with E-state index in [1.165, 1.54) is 18.2 Å². The van der Waals surface area contributed by atoms with Gasteiger partial charge in [-0.3, -0.25) is 10.1 Å². The van der Waals surface area contributed by atoms with Crippen molar-refractivity contribution in [3.8, 4) is 0 Å². The summed E-state index contributed by atoms with van der Waals surface area (Å²) in [5, 5.41) is 9.64. The second kappa shape index (κ2) is 8.63. The van der Waals surface area contributed by atoms with Gasteiger partial charge in [0.25, 0.3) is 0 Å². The van der Waals surface area contributed by atoms with Gasteiger partial charge in [-0.2, -0.15) is 5.10 Å². The van der Waals surface area contributed by atoms with Gasteiger partial charge in [0.05, 0.1) is 12.2 Å². The molecule has 3 rings (SSSR count). The van der Waals surface area contributed by atoms with Gasteiger partial charge < -0.3 is 16.0 Å². The third-order valence-corrected chi connectivity index (χ3v) is 4.52. The van der Waals surface area contributed by atoms with Gasteiger partial charge in [-0.15, -0.1) is 0 Å². The Morgan fingerprint density at radius 2 is 2.00 bits per heavy atom. The van der Waals surface area contributed by atoms with Gasteiger partial charge in [0.15, 0.2) is 0 Å². The summed E-state index contributed by atoms with van der Waals surface area (Å²) < 4.78 is 15.0. The van der Waals surface area contributed by atoms with Crippen molar-refractivity contribution in [1.29, 1.82) is 0 Å². The number of anilines is 2. The van der Waals surface area contributed by atoms with E-state index in [0.29, 0.717) is 37.6 Å². The van der Waals surface area contributed by atoms with Crippen LogP contribution in [-0.2, 0) is 4.79 Å². The molecule has 1 aromatic heterocycles. The average Bonchev–Trinajstić information content (AvgIpc) is 3.10. The van der Waals surface area contributed by atoms with Gasteiger partial charge in [-0.05, 0) is 31.0 Å². The van der Waals surface area contributed by atoms with Crippen LogP contribution < -0.4 is 16.4 Å². The summed E-state index contributed by atoms with van der Waals surface area (Å²) in [6.45, 7) is 1.63. The number of carbonyl (C=O) groups is 2. The molecule has 4 N–H and O–H groups in total. The number of rotatable bonds is 5. The Hall–Kier alpha value is -2.94. The Bertz CT molecular complexity index is 801. The zero-order valence-electron chi connectivity index (χ0n) is 14.9. The van der Waals surface area contributed by atoms with E-state index in [0.717, 1.165) is 12.8 Å². The van der Waals surface area contributed by atoms with Crippen molar-refractivity contribution in [2.45, 2.75) is 25.3 Å². The van der Waals surface area contributed by atoms with Gasteiger partial charge in [-0.1, -0.05) is 6.07 Å². The molecule has 1 saturated heterocycles. The van der Waals surface area contributed by atoms with Crippen LogP contribution in [0.15, 0.2) is 36.5 Å². The molecule has 0 unspecified atom stereocenters. The van der Waals surface area contributed by atoms with Crippen LogP contribution in [0, 0.1) is 5.82 Å². The smallest absolute Gasteiger partial charge is 0.324 e. The molecule has 0 radical (unpaired) electrons. The molecule has 0 bridgehead atoms. The maximum atomic E-state index is 13.2. The number of nitrogens with two attached hydrogens (primary N) is 1. The zero-order chi connectivity index (χ0) is 19.2. The second-order valence-corrected chi connectivity index (χ2v) is 6.40. The van der Waals surface area contributed by atoms with E-state index < -0.39 is 11.8 Å². The lowest BCUT2D eigenvalue weighted by Crippen LogP contribution is -2.40. The van der Waals surface area contributed by atoms with Gasteiger partial charge in [0, 0.05) is 37.8 Å². The van der Waals surface area contributed by atoms with Crippen LogP contribution in [0.4, 0.5) is 20.7 Å². The van der Waals surface area contributed by atoms with Crippen LogP contribution >= 0.6 is 0 Å². The number of likely N-dealkylation sites (tertiary alicyclic amines) is 1. The highest BCUT2D eigenvalue weighted by Crippen LogP contribution is 2.25. The number of nitrogens with one attached hydrogen (secondary N) is 2. The highest BCUT2D eigenvalue weighted by Gasteiger charge is 2.25. The van der Waals surface area contributed by atoms with Crippen LogP contribution in [0.3, 0.4) is 0 Å². The third-order valence-electron chi connectivity index (χ3n) is 4.52. The Morgan fingerprint density at radius 3 is 2.70 bits per heavy atom. The van der Waals surface area contributed by atoms with E-state index in [-0.39, 0.29) is 11.9 Å². The molecule has 2 aromatic rings. The maximum absolute atomic E-state index is 13.2. The van der Waals surface area contributed by atoms with Crippen LogP contribution in [0.25, 0.3) is 0 Å². The quantitative estimate of drug-likeness (QED) is 0.746. The second-order valence-electron chi connectivity index (χ2n) is 6.40. The largest absolute Gasteiger partial charge is 0.343 e. The molecule has 0 atom stereocenters. The molecule has 0 saturated carbocycles. The number of amides is 3. The van der Waals surface area contributed by atoms with E-state index in [1.54, 1.807) is 23.0 Å². The summed E-state index contributed by atoms with van der Waals surface area (Å²) in [6.07, 6.45) is 3.47. The van der Waals surface area contributed by atoms with Crippen molar-refractivity contribution in [1.82, 2.24) is 14.7 Å². The van der Waals surface area contributed by atoms with Crippen molar-refractivity contribution in [3.63, 3.8) is 0 Å². The van der Waals surface area contributed by atoms with Crippen LogP contribution in [0.2, 0.25) is 0 Å². The summed E-state index contributed by atoms with van der Waals surface area (Å²) in [6, 6.07) is 7.00. The van der Waals surface area contributed by atoms with Gasteiger partial charge in [0.2, 0.25) is 5.91 Å². The molecule has 1 fully saturated rings. The molecule has 2 heterocycles. The van der Waals surface area contributed by atoms with Gasteiger partial charge in [-0.25, -0.2) is 13.9 Å². The lowest BCUT2D eigenvalue weighted by molar-refractivity contribution is -0.132. The molecule has 0 spiro atoms. The first-order valence-electron chi connectivity index (χ1n) is 8.91. The molecule has 0 aliphatic carbocycles. The molecule has 144 valence electrons. The number of hydrogen-bond donors (Lipinski definition) is 3. The first-order chi connectivity index (χ1) is 13.1. The van der Waals surface area contributed by atoms with Crippen molar-refractivity contribution in [2.75, 3.05) is 30.3 Å². The normalized spacial score (nSPS) is 14.8. The maximum Gasteiger partial charge on any atom is 0.324 e. The highest BCUT2D eigenvalue weighted by molar-refractivity contribution is 5.99. The standard InChI is InChI=1S/C18H23FN6O2/c19-13-2-1-3-14(12-13)22-18(27)23-16-5-9-21-25(16)15-6-10-24(11-7-15)17(26)4-8-20/h1-3,5,9,12,15H,4,6-8,10-11,20H2,(H2,22,23,27). The van der Waals surface area contributed by atoms with Gasteiger partial charge >= 0.3 is 6.03 Å². The van der Waals surface area contributed by atoms with E-state index in [2.05, 4.69) is 15.7 Å². The fraction of sp³-hybridized carbons (Fsp3) is 0.389. The predicted molar refractivity (Wildman–Crippen MR) is 99.8 cm³/mol. The van der Waals surface area contributed by atoms with Crippen molar-refractivity contribution >= 4 is 23.4 Å². The Balaban J connectivity index is 1.58. The fourth-order valence-corrected chi connectivity index (χ4v) is 3.19. The summed E-state index contributed by atoms with van der Waals surface area (Å²) in [4.78, 5) is 25.9. The van der Waals surface area contributed by atoms with Crippen molar-refractivity contribution < 1.29 is 14.0 Å². The molecule has 1 aromatic carbocycles. The van der Waals surface area contributed by atoms with Crippen LogP contribution in [-0.4, -0.2) is 46.3 Å². The summed E-state index contributed by atoms with van der Waals surface area (Å²) in [5.74, 6) is 0.202. The lowest BCUT2D eigenvalue weighted by Gasteiger charge is -2.32. The molecule has 9 heteroatoms. The minimum absolute atomic E-state index is 0.0734. The summed E-state index contributed by atoms with van der Waals surface area (Å²) in [7, 11) is 0. The Kier molecular flexibility index (Phi) is 6.02. The highest BCUT2D eigenvalue weighted by atomic mass is 19.1. The molecule has 1 aliphatic rings. The monoisotopic (exact) mass is 374 g/mol. The fourth-order valence-electron chi connectivity index (χ4n) is 3.19. The minimum Gasteiger partial charge on any atom is -0.343 e. The first kappa shape index (κ1) is 18.8. The molecular formula is C18H23FN6O2. The number of carbonyl (C=O) groups excluding carboxylic acids is 2. The van der Waals surface area contributed by atoms with Gasteiger partial charge in [0.1, 0.15) is 11.6 Å². The predicted octanol–water partition coefficient (Wildman–Crippen LogP) is 2.18. The van der Waals surface area contributed by atoms with Crippen LogP contribution in [0.5, 0.6) is 0 Å². The van der Waals surface area contributed by atoms with E-state index in [9.17, 15) is 14.0 Å². The van der Waals surface area contributed by atoms with E-state index in [1.807, 2.05) is 4.90 Å². The Labute approximate surface area is 156 Å². The number of piperidine rings is 1. The lowest BCUT2D eigenvalue weighted by atomic mass is 10.0. The van der Waals surface area contributed by atoms with E-state index in [4.69, 9.17) is 5.73 Å². The number of urea groups is 1. The number of hydrogen-bond acceptors (Lipinski definition) is 4. The number of benzene rings is 1. The number of halogens is 1. The van der Waals surface area contributed by atoms with Crippen molar-refractivity contribution in [2.24, 2.45) is 5.73 Å². The number of nitrogens with zero attached hydrogens (tertiary/aromatic N) is 3. The molecular weight excluding hydrogens is 351 g/mol. The molecule has 27 heavy (non-hydrogen) atoms. The molecule has 8 nitrogen and oxygen atoms in total. The first-order valence-corrected chi connectivity index (χ1v) is 8.91. The zero-order valence-corrected chi connectivity index (χ0v) is 14.9.